The molecular formula is C12H10N4O4. The number of nitro benzene ring substituents is 1. The lowest BCUT2D eigenvalue weighted by Crippen LogP contribution is -2.06. The first-order valence-electron chi connectivity index (χ1n) is 6.01. The van der Waals surface area contributed by atoms with E-state index in [0.717, 1.165) is 12.8 Å². The third-order valence-corrected chi connectivity index (χ3v) is 3.16. The van der Waals surface area contributed by atoms with Crippen molar-refractivity contribution in [2.45, 2.75) is 18.8 Å². The quantitative estimate of drug-likeness (QED) is 0.671. The Morgan fingerprint density at radius 3 is 2.80 bits per heavy atom. The second-order valence-electron chi connectivity index (χ2n) is 4.59. The average Bonchev–Trinajstić information content (AvgIpc) is 3.16. The Morgan fingerprint density at radius 2 is 2.20 bits per heavy atom. The van der Waals surface area contributed by atoms with E-state index >= 15 is 0 Å². The van der Waals surface area contributed by atoms with Crippen molar-refractivity contribution in [3.05, 3.63) is 45.8 Å². The zero-order chi connectivity index (χ0) is 14.3. The maximum absolute atomic E-state index is 11.1. The van der Waals surface area contributed by atoms with Gasteiger partial charge in [-0.15, -0.1) is 5.10 Å². The van der Waals surface area contributed by atoms with Gasteiger partial charge in [-0.1, -0.05) is 11.3 Å². The highest BCUT2D eigenvalue weighted by Gasteiger charge is 2.34. The SMILES string of the molecule is O=C(O)c1nnn(-c2cccc([N+](=O)[O-])c2)c1C1CC1. The Hall–Kier alpha value is -2.77. The van der Waals surface area contributed by atoms with Crippen LogP contribution in [0.3, 0.4) is 0 Å². The van der Waals surface area contributed by atoms with Crippen LogP contribution in [0.15, 0.2) is 24.3 Å². The molecule has 0 radical (unpaired) electrons. The molecule has 1 saturated carbocycles. The molecule has 0 saturated heterocycles. The van der Waals surface area contributed by atoms with Gasteiger partial charge in [0.2, 0.25) is 0 Å². The summed E-state index contributed by atoms with van der Waals surface area (Å²) in [5, 5.41) is 27.4. The van der Waals surface area contributed by atoms with Crippen LogP contribution in [0.4, 0.5) is 5.69 Å². The van der Waals surface area contributed by atoms with Gasteiger partial charge >= 0.3 is 5.97 Å². The Kier molecular flexibility index (Phi) is 2.70. The maximum atomic E-state index is 11.1. The van der Waals surface area contributed by atoms with Crippen molar-refractivity contribution in [1.82, 2.24) is 15.0 Å². The molecule has 0 spiro atoms. The van der Waals surface area contributed by atoms with Crippen molar-refractivity contribution in [2.24, 2.45) is 0 Å². The number of non-ortho nitro benzene ring substituents is 1. The van der Waals surface area contributed by atoms with Crippen molar-refractivity contribution < 1.29 is 14.8 Å². The van der Waals surface area contributed by atoms with Crippen molar-refractivity contribution in [1.29, 1.82) is 0 Å². The first-order chi connectivity index (χ1) is 9.58. The first-order valence-corrected chi connectivity index (χ1v) is 6.01. The van der Waals surface area contributed by atoms with Crippen LogP contribution in [0.1, 0.15) is 34.9 Å². The summed E-state index contributed by atoms with van der Waals surface area (Å²) in [6, 6.07) is 5.90. The predicted octanol–water partition coefficient (Wildman–Crippen LogP) is 1.75. The van der Waals surface area contributed by atoms with Gasteiger partial charge in [-0.2, -0.15) is 0 Å². The number of nitrogens with zero attached hydrogens (tertiary/aromatic N) is 4. The van der Waals surface area contributed by atoms with Crippen LogP contribution in [0.5, 0.6) is 0 Å². The lowest BCUT2D eigenvalue weighted by Gasteiger charge is -2.05. The van der Waals surface area contributed by atoms with Crippen molar-refractivity contribution >= 4 is 11.7 Å². The summed E-state index contributed by atoms with van der Waals surface area (Å²) in [7, 11) is 0. The lowest BCUT2D eigenvalue weighted by molar-refractivity contribution is -0.384. The van der Waals surface area contributed by atoms with E-state index in [1.54, 1.807) is 6.07 Å². The normalized spacial score (nSPS) is 14.2. The highest BCUT2D eigenvalue weighted by Crippen LogP contribution is 2.42. The van der Waals surface area contributed by atoms with E-state index < -0.39 is 10.9 Å². The van der Waals surface area contributed by atoms with Crippen LogP contribution in [0.25, 0.3) is 5.69 Å². The van der Waals surface area contributed by atoms with Gasteiger partial charge in [-0.25, -0.2) is 9.48 Å². The lowest BCUT2D eigenvalue weighted by atomic mass is 10.2. The maximum Gasteiger partial charge on any atom is 0.358 e. The molecule has 0 bridgehead atoms. The molecule has 1 heterocycles. The smallest absolute Gasteiger partial charge is 0.358 e. The van der Waals surface area contributed by atoms with Gasteiger partial charge in [-0.05, 0) is 18.9 Å². The van der Waals surface area contributed by atoms with E-state index in [1.165, 1.54) is 22.9 Å². The molecular weight excluding hydrogens is 264 g/mol. The fourth-order valence-electron chi connectivity index (χ4n) is 2.09. The zero-order valence-electron chi connectivity index (χ0n) is 10.3. The van der Waals surface area contributed by atoms with E-state index in [9.17, 15) is 14.9 Å². The molecule has 8 heteroatoms. The number of carboxylic acids is 1. The van der Waals surface area contributed by atoms with Crippen LogP contribution in [-0.4, -0.2) is 31.0 Å². The highest BCUT2D eigenvalue weighted by atomic mass is 16.6. The van der Waals surface area contributed by atoms with Crippen LogP contribution in [-0.2, 0) is 0 Å². The van der Waals surface area contributed by atoms with Gasteiger partial charge in [0, 0.05) is 18.1 Å². The monoisotopic (exact) mass is 274 g/mol. The average molecular weight is 274 g/mol. The topological polar surface area (TPSA) is 111 Å². The molecule has 20 heavy (non-hydrogen) atoms. The number of carbonyl (C=O) groups is 1. The Labute approximate surface area is 112 Å². The third-order valence-electron chi connectivity index (χ3n) is 3.16. The molecule has 8 nitrogen and oxygen atoms in total. The summed E-state index contributed by atoms with van der Waals surface area (Å²) in [5.41, 5.74) is 0.801. The third kappa shape index (κ3) is 2.00. The molecule has 0 atom stereocenters. The minimum Gasteiger partial charge on any atom is -0.476 e. The van der Waals surface area contributed by atoms with Gasteiger partial charge in [0.1, 0.15) is 0 Å². The molecule has 0 aliphatic heterocycles. The largest absolute Gasteiger partial charge is 0.476 e. The summed E-state index contributed by atoms with van der Waals surface area (Å²) in [6.45, 7) is 0. The van der Waals surface area contributed by atoms with Gasteiger partial charge in [-0.3, -0.25) is 10.1 Å². The van der Waals surface area contributed by atoms with Gasteiger partial charge in [0.05, 0.1) is 16.3 Å². The summed E-state index contributed by atoms with van der Waals surface area (Å²) in [5.74, 6) is -1.03. The number of aromatic nitrogens is 3. The standard InChI is InChI=1S/C12H10N4O4/c17-12(18)10-11(7-4-5-7)15(14-13-10)8-2-1-3-9(6-8)16(19)20/h1-3,6-7H,4-5H2,(H,17,18). The summed E-state index contributed by atoms with van der Waals surface area (Å²) < 4.78 is 1.38. The minimum atomic E-state index is -1.14. The molecule has 1 aliphatic carbocycles. The Bertz CT molecular complexity index is 705. The molecule has 1 aromatic carbocycles. The van der Waals surface area contributed by atoms with Gasteiger partial charge < -0.3 is 5.11 Å². The fraction of sp³-hybridized carbons (Fsp3) is 0.250. The van der Waals surface area contributed by atoms with E-state index in [1.807, 2.05) is 0 Å². The van der Waals surface area contributed by atoms with Crippen molar-refractivity contribution in [3.8, 4) is 5.69 Å². The number of benzene rings is 1. The second kappa shape index (κ2) is 4.41. The molecule has 102 valence electrons. The van der Waals surface area contributed by atoms with Gasteiger partial charge in [0.25, 0.3) is 5.69 Å². The van der Waals surface area contributed by atoms with Crippen LogP contribution >= 0.6 is 0 Å². The number of nitro groups is 1. The van der Waals surface area contributed by atoms with Crippen LogP contribution < -0.4 is 0 Å². The van der Waals surface area contributed by atoms with Crippen molar-refractivity contribution in [3.63, 3.8) is 0 Å². The zero-order valence-corrected chi connectivity index (χ0v) is 10.3. The van der Waals surface area contributed by atoms with Crippen LogP contribution in [0.2, 0.25) is 0 Å². The number of hydrogen-bond acceptors (Lipinski definition) is 5. The molecule has 0 amide bonds. The number of carboxylic acid groups (broad SMARTS) is 1. The predicted molar refractivity (Wildman–Crippen MR) is 66.9 cm³/mol. The van der Waals surface area contributed by atoms with Gasteiger partial charge in [0.15, 0.2) is 5.69 Å². The summed E-state index contributed by atoms with van der Waals surface area (Å²) in [4.78, 5) is 21.4. The van der Waals surface area contributed by atoms with Crippen LogP contribution in [0, 0.1) is 10.1 Å². The van der Waals surface area contributed by atoms with E-state index in [4.69, 9.17) is 5.11 Å². The molecule has 0 unspecified atom stereocenters. The summed E-state index contributed by atoms with van der Waals surface area (Å²) in [6.07, 6.45) is 1.76. The molecule has 3 rings (SSSR count). The highest BCUT2D eigenvalue weighted by molar-refractivity contribution is 5.87. The molecule has 1 N–H and O–H groups in total. The molecule has 2 aromatic rings. The second-order valence-corrected chi connectivity index (χ2v) is 4.59. The van der Waals surface area contributed by atoms with E-state index in [0.29, 0.717) is 11.4 Å². The first kappa shape index (κ1) is 12.3. The Balaban J connectivity index is 2.12. The minimum absolute atomic E-state index is 0.0726. The van der Waals surface area contributed by atoms with Crippen molar-refractivity contribution in [2.75, 3.05) is 0 Å². The molecule has 1 aliphatic rings. The molecule has 1 aromatic heterocycles. The fourth-order valence-corrected chi connectivity index (χ4v) is 2.09. The Morgan fingerprint density at radius 1 is 1.45 bits per heavy atom. The number of rotatable bonds is 4. The van der Waals surface area contributed by atoms with E-state index in [2.05, 4.69) is 10.3 Å². The molecule has 1 fully saturated rings. The number of aromatic carboxylic acids is 1. The summed E-state index contributed by atoms with van der Waals surface area (Å²) >= 11 is 0. The number of hydrogen-bond donors (Lipinski definition) is 1. The van der Waals surface area contributed by atoms with E-state index in [-0.39, 0.29) is 17.3 Å².